The van der Waals surface area contributed by atoms with Crippen molar-refractivity contribution in [2.45, 2.75) is 27.2 Å². The van der Waals surface area contributed by atoms with Gasteiger partial charge in [-0.1, -0.05) is 29.8 Å². The van der Waals surface area contributed by atoms with Crippen LogP contribution in [-0.4, -0.2) is 12.5 Å². The molecular weight excluding hydrogens is 296 g/mol. The van der Waals surface area contributed by atoms with E-state index < -0.39 is 0 Å². The predicted octanol–water partition coefficient (Wildman–Crippen LogP) is 4.71. The molecule has 0 saturated heterocycles. The zero-order valence-electron chi connectivity index (χ0n) is 13.2. The van der Waals surface area contributed by atoms with Crippen molar-refractivity contribution in [1.29, 1.82) is 0 Å². The molecule has 0 aliphatic carbocycles. The number of hydrogen-bond acceptors (Lipinski definition) is 2. The van der Waals surface area contributed by atoms with E-state index in [9.17, 15) is 4.79 Å². The first-order chi connectivity index (χ1) is 10.5. The minimum atomic E-state index is 0.0107. The summed E-state index contributed by atoms with van der Waals surface area (Å²) in [6.45, 7) is 6.57. The summed E-state index contributed by atoms with van der Waals surface area (Å²) in [6.07, 6.45) is 0.413. The van der Waals surface area contributed by atoms with Crippen molar-refractivity contribution in [3.8, 4) is 0 Å². The first-order valence-electron chi connectivity index (χ1n) is 7.33. The van der Waals surface area contributed by atoms with E-state index >= 15 is 0 Å². The molecule has 0 aromatic heterocycles. The van der Waals surface area contributed by atoms with E-state index in [1.165, 1.54) is 0 Å². The zero-order valence-corrected chi connectivity index (χ0v) is 13.9. The second-order valence-corrected chi connectivity index (χ2v) is 5.89. The molecular formula is C18H21ClN2O. The average molecular weight is 317 g/mol. The van der Waals surface area contributed by atoms with E-state index in [0.29, 0.717) is 13.0 Å². The quantitative estimate of drug-likeness (QED) is 0.839. The van der Waals surface area contributed by atoms with E-state index in [1.54, 1.807) is 0 Å². The number of carbonyl (C=O) groups excluding carboxylic acids is 1. The Labute approximate surface area is 136 Å². The summed E-state index contributed by atoms with van der Waals surface area (Å²) in [5, 5.41) is 6.97. The van der Waals surface area contributed by atoms with Crippen LogP contribution in [0.15, 0.2) is 36.4 Å². The van der Waals surface area contributed by atoms with Crippen molar-refractivity contribution in [3.63, 3.8) is 0 Å². The molecule has 0 bridgehead atoms. The molecule has 0 radical (unpaired) electrons. The van der Waals surface area contributed by atoms with Gasteiger partial charge >= 0.3 is 0 Å². The molecule has 2 N–H and O–H groups in total. The maximum atomic E-state index is 12.1. The van der Waals surface area contributed by atoms with Gasteiger partial charge in [-0.05, 0) is 55.7 Å². The minimum absolute atomic E-state index is 0.0107. The molecule has 2 aromatic carbocycles. The highest BCUT2D eigenvalue weighted by molar-refractivity contribution is 6.30. The van der Waals surface area contributed by atoms with Crippen LogP contribution in [0.2, 0.25) is 5.02 Å². The van der Waals surface area contributed by atoms with Crippen LogP contribution in [0.4, 0.5) is 11.4 Å². The van der Waals surface area contributed by atoms with Gasteiger partial charge in [-0.15, -0.1) is 0 Å². The first-order valence-corrected chi connectivity index (χ1v) is 7.71. The smallest absolute Gasteiger partial charge is 0.226 e. The number of rotatable bonds is 5. The van der Waals surface area contributed by atoms with Crippen molar-refractivity contribution in [3.05, 3.63) is 58.1 Å². The Hall–Kier alpha value is -2.00. The molecule has 0 aliphatic heterocycles. The second kappa shape index (κ2) is 7.32. The number of hydrogen-bond donors (Lipinski definition) is 2. The minimum Gasteiger partial charge on any atom is -0.384 e. The number of para-hydroxylation sites is 1. The van der Waals surface area contributed by atoms with Crippen LogP contribution in [-0.2, 0) is 4.79 Å². The lowest BCUT2D eigenvalue weighted by molar-refractivity contribution is -0.115. The van der Waals surface area contributed by atoms with E-state index in [4.69, 9.17) is 11.6 Å². The lowest BCUT2D eigenvalue weighted by Crippen LogP contribution is -2.17. The fourth-order valence-corrected chi connectivity index (χ4v) is 2.58. The summed E-state index contributed by atoms with van der Waals surface area (Å²) in [6, 6.07) is 11.7. The summed E-state index contributed by atoms with van der Waals surface area (Å²) in [5.41, 5.74) is 5.15. The van der Waals surface area contributed by atoms with Crippen LogP contribution < -0.4 is 10.6 Å². The number of benzene rings is 2. The summed E-state index contributed by atoms with van der Waals surface area (Å²) in [7, 11) is 0. The zero-order chi connectivity index (χ0) is 16.1. The molecule has 2 aromatic rings. The van der Waals surface area contributed by atoms with Crippen molar-refractivity contribution in [2.24, 2.45) is 0 Å². The van der Waals surface area contributed by atoms with Crippen LogP contribution in [0.5, 0.6) is 0 Å². The highest BCUT2D eigenvalue weighted by Crippen LogP contribution is 2.21. The van der Waals surface area contributed by atoms with Crippen LogP contribution in [0.3, 0.4) is 0 Å². The fraction of sp³-hybridized carbons (Fsp3) is 0.278. The number of aryl methyl sites for hydroxylation is 3. The monoisotopic (exact) mass is 316 g/mol. The topological polar surface area (TPSA) is 41.1 Å². The fourth-order valence-electron chi connectivity index (χ4n) is 2.35. The van der Waals surface area contributed by atoms with Gasteiger partial charge in [0.05, 0.1) is 0 Å². The largest absolute Gasteiger partial charge is 0.384 e. The van der Waals surface area contributed by atoms with Crippen LogP contribution in [0.1, 0.15) is 23.1 Å². The summed E-state index contributed by atoms with van der Waals surface area (Å²) in [4.78, 5) is 12.1. The lowest BCUT2D eigenvalue weighted by Gasteiger charge is -2.13. The van der Waals surface area contributed by atoms with E-state index in [2.05, 4.69) is 10.6 Å². The molecule has 116 valence electrons. The third kappa shape index (κ3) is 4.25. The molecule has 0 spiro atoms. The molecule has 22 heavy (non-hydrogen) atoms. The molecule has 0 atom stereocenters. The molecule has 4 heteroatoms. The van der Waals surface area contributed by atoms with Gasteiger partial charge in [-0.3, -0.25) is 4.79 Å². The Morgan fingerprint density at radius 3 is 2.36 bits per heavy atom. The summed E-state index contributed by atoms with van der Waals surface area (Å²) < 4.78 is 0. The van der Waals surface area contributed by atoms with Gasteiger partial charge in [-0.2, -0.15) is 0 Å². The van der Waals surface area contributed by atoms with Gasteiger partial charge in [0.2, 0.25) is 5.91 Å². The van der Waals surface area contributed by atoms with Gasteiger partial charge < -0.3 is 10.6 Å². The Bertz CT molecular complexity index is 663. The van der Waals surface area contributed by atoms with Crippen LogP contribution in [0, 0.1) is 20.8 Å². The van der Waals surface area contributed by atoms with Crippen molar-refractivity contribution in [2.75, 3.05) is 17.2 Å². The van der Waals surface area contributed by atoms with E-state index in [-0.39, 0.29) is 5.91 Å². The van der Waals surface area contributed by atoms with Gasteiger partial charge in [0.1, 0.15) is 0 Å². The molecule has 0 heterocycles. The highest BCUT2D eigenvalue weighted by atomic mass is 35.5. The Morgan fingerprint density at radius 2 is 1.73 bits per heavy atom. The molecule has 1 amide bonds. The predicted molar refractivity (Wildman–Crippen MR) is 93.8 cm³/mol. The van der Waals surface area contributed by atoms with Gasteiger partial charge in [0.25, 0.3) is 0 Å². The van der Waals surface area contributed by atoms with E-state index in [0.717, 1.165) is 33.1 Å². The number of amides is 1. The third-order valence-corrected chi connectivity index (χ3v) is 3.84. The van der Waals surface area contributed by atoms with Gasteiger partial charge in [-0.25, -0.2) is 0 Å². The molecule has 0 unspecified atom stereocenters. The highest BCUT2D eigenvalue weighted by Gasteiger charge is 2.07. The Morgan fingerprint density at radius 1 is 1.05 bits per heavy atom. The van der Waals surface area contributed by atoms with Crippen molar-refractivity contribution >= 4 is 28.9 Å². The Balaban J connectivity index is 1.88. The van der Waals surface area contributed by atoms with Gasteiger partial charge in [0, 0.05) is 29.4 Å². The lowest BCUT2D eigenvalue weighted by atomic mass is 10.1. The van der Waals surface area contributed by atoms with E-state index in [1.807, 2.05) is 57.2 Å². The third-order valence-electron chi connectivity index (χ3n) is 3.60. The van der Waals surface area contributed by atoms with Crippen LogP contribution >= 0.6 is 11.6 Å². The molecule has 0 fully saturated rings. The maximum Gasteiger partial charge on any atom is 0.226 e. The molecule has 0 saturated carbocycles. The number of nitrogens with one attached hydrogen (secondary N) is 2. The van der Waals surface area contributed by atoms with Crippen molar-refractivity contribution in [1.82, 2.24) is 0 Å². The number of halogens is 1. The van der Waals surface area contributed by atoms with Crippen LogP contribution in [0.25, 0.3) is 0 Å². The standard InChI is InChI=1S/C18H21ClN2O/c1-12-5-4-6-13(2)18(12)21-17(22)9-10-20-16-8-7-15(19)11-14(16)3/h4-8,11,20H,9-10H2,1-3H3,(H,21,22). The first kappa shape index (κ1) is 16.4. The molecule has 3 nitrogen and oxygen atoms in total. The molecule has 0 aliphatic rings. The summed E-state index contributed by atoms with van der Waals surface area (Å²) in [5.74, 6) is 0.0107. The Kier molecular flexibility index (Phi) is 5.45. The summed E-state index contributed by atoms with van der Waals surface area (Å²) >= 11 is 5.93. The number of anilines is 2. The second-order valence-electron chi connectivity index (χ2n) is 5.45. The van der Waals surface area contributed by atoms with Gasteiger partial charge in [0.15, 0.2) is 0 Å². The number of carbonyl (C=O) groups is 1. The normalized spacial score (nSPS) is 10.4. The average Bonchev–Trinajstić information content (AvgIpc) is 2.45. The van der Waals surface area contributed by atoms with Crippen molar-refractivity contribution < 1.29 is 4.79 Å². The SMILES string of the molecule is Cc1cc(Cl)ccc1NCCC(=O)Nc1c(C)cccc1C. The maximum absolute atomic E-state index is 12.1. The molecule has 2 rings (SSSR count).